The lowest BCUT2D eigenvalue weighted by atomic mass is 10.1. The molecule has 3 rings (SSSR count). The molecule has 0 aliphatic heterocycles. The third kappa shape index (κ3) is 6.78. The van der Waals surface area contributed by atoms with Gasteiger partial charge in [0.15, 0.2) is 0 Å². The monoisotopic (exact) mass is 520 g/mol. The van der Waals surface area contributed by atoms with Crippen LogP contribution >= 0.6 is 0 Å². The molecule has 0 bridgehead atoms. The number of anilines is 1. The molecule has 0 saturated heterocycles. The van der Waals surface area contributed by atoms with Gasteiger partial charge >= 0.3 is 0 Å². The van der Waals surface area contributed by atoms with Gasteiger partial charge in [-0.05, 0) is 31.9 Å². The zero-order valence-corrected chi connectivity index (χ0v) is 20.9. The lowest BCUT2D eigenvalue weighted by molar-refractivity contribution is -0.384. The average molecular weight is 521 g/mol. The predicted molar refractivity (Wildman–Crippen MR) is 132 cm³/mol. The van der Waals surface area contributed by atoms with Crippen LogP contribution in [0.1, 0.15) is 38.2 Å². The number of carbonyl (C=O) groups is 2. The minimum absolute atomic E-state index is 0.0113. The molecular formula is C24H29FN4O6S. The second-order valence-corrected chi connectivity index (χ2v) is 10.7. The Morgan fingerprint density at radius 1 is 1.17 bits per heavy atom. The molecule has 0 spiro atoms. The van der Waals surface area contributed by atoms with Crippen molar-refractivity contribution in [3.63, 3.8) is 0 Å². The van der Waals surface area contributed by atoms with Crippen molar-refractivity contribution in [2.75, 3.05) is 17.1 Å². The van der Waals surface area contributed by atoms with Gasteiger partial charge in [0.05, 0.1) is 16.9 Å². The lowest BCUT2D eigenvalue weighted by Crippen LogP contribution is -2.52. The number of rotatable bonds is 10. The molecule has 1 aliphatic carbocycles. The molecule has 194 valence electrons. The van der Waals surface area contributed by atoms with Gasteiger partial charge in [0.1, 0.15) is 18.4 Å². The molecule has 1 N–H and O–H groups in total. The Balaban J connectivity index is 1.91. The molecule has 2 aromatic rings. The van der Waals surface area contributed by atoms with Crippen molar-refractivity contribution in [3.8, 4) is 0 Å². The van der Waals surface area contributed by atoms with Gasteiger partial charge in [-0.25, -0.2) is 12.8 Å². The fourth-order valence-corrected chi connectivity index (χ4v) is 5.00. The Labute approximate surface area is 209 Å². The van der Waals surface area contributed by atoms with Crippen molar-refractivity contribution in [3.05, 3.63) is 70.0 Å². The highest BCUT2D eigenvalue weighted by Crippen LogP contribution is 2.24. The van der Waals surface area contributed by atoms with Crippen LogP contribution in [0.4, 0.5) is 15.8 Å². The number of amides is 2. The zero-order valence-electron chi connectivity index (χ0n) is 20.1. The average Bonchev–Trinajstić information content (AvgIpc) is 3.33. The molecule has 1 unspecified atom stereocenters. The third-order valence-electron chi connectivity index (χ3n) is 6.18. The van der Waals surface area contributed by atoms with Gasteiger partial charge in [0.2, 0.25) is 21.8 Å². The molecule has 2 amide bonds. The Morgan fingerprint density at radius 2 is 1.83 bits per heavy atom. The summed E-state index contributed by atoms with van der Waals surface area (Å²) in [6.45, 7) is 0.508. The maximum absolute atomic E-state index is 14.4. The Bertz CT molecular complexity index is 1230. The fraction of sp³-hybridized carbons (Fsp3) is 0.417. The highest BCUT2D eigenvalue weighted by atomic mass is 32.2. The molecule has 0 aromatic heterocycles. The molecule has 2 aromatic carbocycles. The summed E-state index contributed by atoms with van der Waals surface area (Å²) in [5, 5.41) is 14.1. The molecule has 36 heavy (non-hydrogen) atoms. The normalized spacial score (nSPS) is 14.8. The number of sulfonamides is 1. The number of benzene rings is 2. The molecule has 1 aliphatic rings. The zero-order chi connectivity index (χ0) is 26.5. The van der Waals surface area contributed by atoms with Crippen molar-refractivity contribution in [2.45, 2.75) is 51.2 Å². The predicted octanol–water partition coefficient (Wildman–Crippen LogP) is 2.98. The van der Waals surface area contributed by atoms with Crippen LogP contribution in [-0.4, -0.2) is 54.9 Å². The van der Waals surface area contributed by atoms with E-state index in [1.165, 1.54) is 43.3 Å². The van der Waals surface area contributed by atoms with E-state index in [2.05, 4.69) is 5.32 Å². The van der Waals surface area contributed by atoms with Crippen LogP contribution in [0.3, 0.4) is 0 Å². The summed E-state index contributed by atoms with van der Waals surface area (Å²) in [6, 6.07) is 9.65. The van der Waals surface area contributed by atoms with Gasteiger partial charge in [-0.1, -0.05) is 37.1 Å². The van der Waals surface area contributed by atoms with E-state index < -0.39 is 45.2 Å². The summed E-state index contributed by atoms with van der Waals surface area (Å²) < 4.78 is 40.3. The highest BCUT2D eigenvalue weighted by Gasteiger charge is 2.32. The first-order chi connectivity index (χ1) is 17.0. The van der Waals surface area contributed by atoms with Gasteiger partial charge in [-0.3, -0.25) is 24.0 Å². The molecule has 0 radical (unpaired) electrons. The summed E-state index contributed by atoms with van der Waals surface area (Å²) in [5.74, 6) is -1.76. The van der Waals surface area contributed by atoms with E-state index in [1.807, 2.05) is 0 Å². The third-order valence-corrected chi connectivity index (χ3v) is 7.32. The molecule has 1 saturated carbocycles. The lowest BCUT2D eigenvalue weighted by Gasteiger charge is -2.32. The molecule has 0 heterocycles. The van der Waals surface area contributed by atoms with E-state index in [-0.39, 0.29) is 29.5 Å². The minimum atomic E-state index is -4.05. The van der Waals surface area contributed by atoms with E-state index in [9.17, 15) is 32.5 Å². The number of non-ortho nitro benzene ring substituents is 1. The van der Waals surface area contributed by atoms with Crippen molar-refractivity contribution in [2.24, 2.45) is 0 Å². The van der Waals surface area contributed by atoms with Gasteiger partial charge in [-0.15, -0.1) is 0 Å². The Morgan fingerprint density at radius 3 is 2.44 bits per heavy atom. The van der Waals surface area contributed by atoms with Crippen LogP contribution < -0.4 is 9.62 Å². The Hall–Kier alpha value is -3.54. The highest BCUT2D eigenvalue weighted by molar-refractivity contribution is 7.92. The topological polar surface area (TPSA) is 130 Å². The van der Waals surface area contributed by atoms with Crippen LogP contribution in [0.5, 0.6) is 0 Å². The van der Waals surface area contributed by atoms with E-state index >= 15 is 0 Å². The van der Waals surface area contributed by atoms with Gasteiger partial charge in [0.25, 0.3) is 5.69 Å². The summed E-state index contributed by atoms with van der Waals surface area (Å²) >= 11 is 0. The summed E-state index contributed by atoms with van der Waals surface area (Å²) in [4.78, 5) is 38.1. The van der Waals surface area contributed by atoms with Crippen molar-refractivity contribution in [1.82, 2.24) is 10.2 Å². The number of hydrogen-bond acceptors (Lipinski definition) is 6. The van der Waals surface area contributed by atoms with Gasteiger partial charge in [0, 0.05) is 30.3 Å². The van der Waals surface area contributed by atoms with Gasteiger partial charge in [-0.2, -0.15) is 0 Å². The second kappa shape index (κ2) is 11.5. The SMILES string of the molecule is CC(C(=O)NC1CCCC1)N(Cc1ccccc1F)C(=O)CN(c1cccc([N+](=O)[O-])c1)S(C)(=O)=O. The maximum Gasteiger partial charge on any atom is 0.271 e. The number of nitrogens with one attached hydrogen (secondary N) is 1. The van der Waals surface area contributed by atoms with E-state index in [0.717, 1.165) is 47.2 Å². The number of nitro benzene ring substituents is 1. The molecule has 1 atom stereocenters. The van der Waals surface area contributed by atoms with Crippen molar-refractivity contribution in [1.29, 1.82) is 0 Å². The van der Waals surface area contributed by atoms with Crippen LogP contribution in [0.2, 0.25) is 0 Å². The maximum atomic E-state index is 14.4. The Kier molecular flexibility index (Phi) is 8.62. The number of carbonyl (C=O) groups excluding carboxylic acids is 2. The first-order valence-electron chi connectivity index (χ1n) is 11.5. The van der Waals surface area contributed by atoms with E-state index in [1.54, 1.807) is 6.07 Å². The first-order valence-corrected chi connectivity index (χ1v) is 13.4. The van der Waals surface area contributed by atoms with E-state index in [4.69, 9.17) is 0 Å². The smallest absolute Gasteiger partial charge is 0.271 e. The molecular weight excluding hydrogens is 491 g/mol. The van der Waals surface area contributed by atoms with Crippen LogP contribution in [-0.2, 0) is 26.2 Å². The number of nitro groups is 1. The second-order valence-electron chi connectivity index (χ2n) is 8.83. The number of halogens is 1. The molecule has 1 fully saturated rings. The van der Waals surface area contributed by atoms with Crippen LogP contribution in [0.15, 0.2) is 48.5 Å². The standard InChI is InChI=1S/C24H29FN4O6S/c1-17(24(31)26-19-9-4-5-10-19)27(15-18-8-3-6-13-22(18)25)23(30)16-28(36(2,34)35)20-11-7-12-21(14-20)29(32)33/h3,6-8,11-14,17,19H,4-5,9-10,15-16H2,1-2H3,(H,26,31). The van der Waals surface area contributed by atoms with Crippen molar-refractivity contribution < 1.29 is 27.3 Å². The van der Waals surface area contributed by atoms with Crippen LogP contribution in [0.25, 0.3) is 0 Å². The van der Waals surface area contributed by atoms with Gasteiger partial charge < -0.3 is 10.2 Å². The molecule has 12 heteroatoms. The van der Waals surface area contributed by atoms with Crippen molar-refractivity contribution >= 4 is 33.2 Å². The minimum Gasteiger partial charge on any atom is -0.352 e. The quantitative estimate of drug-likeness (QED) is 0.379. The van der Waals surface area contributed by atoms with E-state index in [0.29, 0.717) is 0 Å². The van der Waals surface area contributed by atoms with Crippen LogP contribution in [0, 0.1) is 15.9 Å². The fourth-order valence-electron chi connectivity index (χ4n) is 4.16. The number of hydrogen-bond donors (Lipinski definition) is 1. The summed E-state index contributed by atoms with van der Waals surface area (Å²) in [6.07, 6.45) is 4.51. The summed E-state index contributed by atoms with van der Waals surface area (Å²) in [5.41, 5.74) is -0.261. The summed E-state index contributed by atoms with van der Waals surface area (Å²) in [7, 11) is -4.05. The number of nitrogens with zero attached hydrogens (tertiary/aromatic N) is 3. The largest absolute Gasteiger partial charge is 0.352 e. The molecule has 10 nitrogen and oxygen atoms in total. The first kappa shape index (κ1) is 27.1.